The summed E-state index contributed by atoms with van der Waals surface area (Å²) in [5.74, 6) is 1.31. The molecule has 2 aromatic carbocycles. The molecule has 2 heterocycles. The van der Waals surface area contributed by atoms with Crippen LogP contribution in [0, 0.1) is 5.92 Å². The minimum Gasteiger partial charge on any atom is -0.369 e. The minimum absolute atomic E-state index is 0.161. The molecule has 1 saturated heterocycles. The normalized spacial score (nSPS) is 15.1. The van der Waals surface area contributed by atoms with Crippen molar-refractivity contribution in [3.63, 3.8) is 0 Å². The number of pyridine rings is 1. The third-order valence-electron chi connectivity index (χ3n) is 5.52. The molecule has 0 bridgehead atoms. The van der Waals surface area contributed by atoms with E-state index in [2.05, 4.69) is 46.8 Å². The first-order valence-electron chi connectivity index (χ1n) is 10.7. The number of carbonyl (C=O) groups is 1. The van der Waals surface area contributed by atoms with Crippen LogP contribution in [0.4, 0.5) is 5.69 Å². The van der Waals surface area contributed by atoms with Gasteiger partial charge in [0.05, 0.1) is 11.3 Å². The first kappa shape index (κ1) is 20.9. The van der Waals surface area contributed by atoms with Gasteiger partial charge in [-0.25, -0.2) is 0 Å². The van der Waals surface area contributed by atoms with Gasteiger partial charge in [0.25, 0.3) is 0 Å². The van der Waals surface area contributed by atoms with Crippen LogP contribution in [0.2, 0.25) is 0 Å². The standard InChI is InChI=1S/C25H29N3OS/c1-19(2)17-27-13-15-28(16-14-27)21-9-7-20(8-10-21)24(29)18-30-25-11-12-26-23-6-4-3-5-22(23)25/h3-12,19H,13-18H2,1-2H3. The molecule has 1 fully saturated rings. The molecular formula is C25H29N3OS. The fourth-order valence-electron chi connectivity index (χ4n) is 3.99. The van der Waals surface area contributed by atoms with Crippen molar-refractivity contribution in [2.24, 2.45) is 5.92 Å². The maximum atomic E-state index is 12.7. The van der Waals surface area contributed by atoms with Crippen molar-refractivity contribution >= 4 is 34.1 Å². The molecule has 0 saturated carbocycles. The van der Waals surface area contributed by atoms with Gasteiger partial charge in [0.1, 0.15) is 0 Å². The Balaban J connectivity index is 1.34. The van der Waals surface area contributed by atoms with Gasteiger partial charge >= 0.3 is 0 Å². The first-order chi connectivity index (χ1) is 14.6. The fourth-order valence-corrected chi connectivity index (χ4v) is 4.92. The molecule has 4 nitrogen and oxygen atoms in total. The number of aromatic nitrogens is 1. The average Bonchev–Trinajstić information content (AvgIpc) is 2.78. The number of thioether (sulfide) groups is 1. The highest BCUT2D eigenvalue weighted by atomic mass is 32.2. The van der Waals surface area contributed by atoms with Crippen LogP contribution in [0.3, 0.4) is 0 Å². The van der Waals surface area contributed by atoms with Crippen molar-refractivity contribution in [2.45, 2.75) is 18.7 Å². The number of benzene rings is 2. The van der Waals surface area contributed by atoms with Crippen LogP contribution in [-0.4, -0.2) is 54.1 Å². The van der Waals surface area contributed by atoms with Gasteiger partial charge in [-0.05, 0) is 42.3 Å². The van der Waals surface area contributed by atoms with E-state index in [9.17, 15) is 4.79 Å². The van der Waals surface area contributed by atoms with Gasteiger partial charge in [0.15, 0.2) is 5.78 Å². The number of anilines is 1. The van der Waals surface area contributed by atoms with Crippen LogP contribution in [0.15, 0.2) is 65.7 Å². The highest BCUT2D eigenvalue weighted by Crippen LogP contribution is 2.27. The Morgan fingerprint density at radius 2 is 1.73 bits per heavy atom. The van der Waals surface area contributed by atoms with Gasteiger partial charge in [-0.15, -0.1) is 11.8 Å². The lowest BCUT2D eigenvalue weighted by atomic mass is 10.1. The van der Waals surface area contributed by atoms with Gasteiger partial charge in [-0.2, -0.15) is 0 Å². The summed E-state index contributed by atoms with van der Waals surface area (Å²) in [7, 11) is 0. The third kappa shape index (κ3) is 5.02. The maximum Gasteiger partial charge on any atom is 0.173 e. The maximum absolute atomic E-state index is 12.7. The summed E-state index contributed by atoms with van der Waals surface area (Å²) < 4.78 is 0. The molecule has 0 aliphatic carbocycles. The van der Waals surface area contributed by atoms with E-state index in [1.165, 1.54) is 12.2 Å². The van der Waals surface area contributed by atoms with Gasteiger partial charge in [0, 0.05) is 60.5 Å². The number of Topliss-reactive ketones (excluding diaryl/α,β-unsaturated/α-hetero) is 1. The molecule has 0 amide bonds. The number of piperazine rings is 1. The number of nitrogens with zero attached hydrogens (tertiary/aromatic N) is 3. The van der Waals surface area contributed by atoms with E-state index in [0.717, 1.165) is 47.5 Å². The van der Waals surface area contributed by atoms with E-state index < -0.39 is 0 Å². The van der Waals surface area contributed by atoms with Gasteiger partial charge in [-0.1, -0.05) is 32.0 Å². The van der Waals surface area contributed by atoms with E-state index in [4.69, 9.17) is 0 Å². The zero-order chi connectivity index (χ0) is 20.9. The highest BCUT2D eigenvalue weighted by Gasteiger charge is 2.18. The Hall–Kier alpha value is -2.37. The lowest BCUT2D eigenvalue weighted by molar-refractivity contribution is 0.102. The molecule has 4 rings (SSSR count). The van der Waals surface area contributed by atoms with Gasteiger partial charge < -0.3 is 4.90 Å². The van der Waals surface area contributed by atoms with Crippen molar-refractivity contribution in [1.82, 2.24) is 9.88 Å². The van der Waals surface area contributed by atoms with E-state index in [0.29, 0.717) is 11.7 Å². The fraction of sp³-hybridized carbons (Fsp3) is 0.360. The van der Waals surface area contributed by atoms with E-state index in [1.54, 1.807) is 11.8 Å². The largest absolute Gasteiger partial charge is 0.369 e. The second-order valence-corrected chi connectivity index (χ2v) is 9.28. The van der Waals surface area contributed by atoms with Crippen molar-refractivity contribution in [3.8, 4) is 0 Å². The minimum atomic E-state index is 0.161. The third-order valence-corrected chi connectivity index (χ3v) is 6.59. The highest BCUT2D eigenvalue weighted by molar-refractivity contribution is 8.00. The second kappa shape index (κ2) is 9.63. The average molecular weight is 420 g/mol. The summed E-state index contributed by atoms with van der Waals surface area (Å²) in [6.45, 7) is 10.0. The molecule has 1 aliphatic heterocycles. The number of carbonyl (C=O) groups excluding carboxylic acids is 1. The van der Waals surface area contributed by atoms with Gasteiger partial charge in [0.2, 0.25) is 0 Å². The van der Waals surface area contributed by atoms with Crippen molar-refractivity contribution in [3.05, 3.63) is 66.4 Å². The van der Waals surface area contributed by atoms with Gasteiger partial charge in [-0.3, -0.25) is 14.7 Å². The molecule has 5 heteroatoms. The van der Waals surface area contributed by atoms with Crippen molar-refractivity contribution in [2.75, 3.05) is 43.4 Å². The van der Waals surface area contributed by atoms with Crippen molar-refractivity contribution in [1.29, 1.82) is 0 Å². The van der Waals surface area contributed by atoms with Crippen molar-refractivity contribution < 1.29 is 4.79 Å². The Kier molecular flexibility index (Phi) is 6.70. The quantitative estimate of drug-likeness (QED) is 0.398. The Bertz CT molecular complexity index is 989. The molecule has 1 aromatic heterocycles. The topological polar surface area (TPSA) is 36.4 Å². The summed E-state index contributed by atoms with van der Waals surface area (Å²) >= 11 is 1.58. The molecule has 30 heavy (non-hydrogen) atoms. The number of hydrogen-bond donors (Lipinski definition) is 0. The zero-order valence-electron chi connectivity index (χ0n) is 17.8. The van der Waals surface area contributed by atoms with Crippen LogP contribution in [0.25, 0.3) is 10.9 Å². The molecule has 0 spiro atoms. The molecule has 0 N–H and O–H groups in total. The lowest BCUT2D eigenvalue weighted by Gasteiger charge is -2.36. The number of hydrogen-bond acceptors (Lipinski definition) is 5. The predicted molar refractivity (Wildman–Crippen MR) is 127 cm³/mol. The summed E-state index contributed by atoms with van der Waals surface area (Å²) in [6, 6.07) is 18.2. The molecule has 156 valence electrons. The molecule has 1 aliphatic rings. The SMILES string of the molecule is CC(C)CN1CCN(c2ccc(C(=O)CSc3ccnc4ccccc34)cc2)CC1. The smallest absolute Gasteiger partial charge is 0.173 e. The summed E-state index contributed by atoms with van der Waals surface area (Å²) in [5.41, 5.74) is 2.96. The molecular weight excluding hydrogens is 390 g/mol. The Morgan fingerprint density at radius 3 is 2.47 bits per heavy atom. The van der Waals surface area contributed by atoms with Crippen LogP contribution in [0.5, 0.6) is 0 Å². The van der Waals surface area contributed by atoms with Crippen LogP contribution in [-0.2, 0) is 0 Å². The second-order valence-electron chi connectivity index (χ2n) is 8.27. The molecule has 0 atom stereocenters. The van der Waals surface area contributed by atoms with Crippen LogP contribution >= 0.6 is 11.8 Å². The molecule has 0 radical (unpaired) electrons. The number of fused-ring (bicyclic) bond motifs is 1. The zero-order valence-corrected chi connectivity index (χ0v) is 18.6. The lowest BCUT2D eigenvalue weighted by Crippen LogP contribution is -2.47. The van der Waals surface area contributed by atoms with E-state index in [-0.39, 0.29) is 5.78 Å². The number of ketones is 1. The first-order valence-corrected chi connectivity index (χ1v) is 11.7. The Morgan fingerprint density at radius 1 is 1.00 bits per heavy atom. The summed E-state index contributed by atoms with van der Waals surface area (Å²) in [5, 5.41) is 1.10. The summed E-state index contributed by atoms with van der Waals surface area (Å²) in [6.07, 6.45) is 1.81. The van der Waals surface area contributed by atoms with E-state index >= 15 is 0 Å². The molecule has 0 unspecified atom stereocenters. The molecule has 3 aromatic rings. The summed E-state index contributed by atoms with van der Waals surface area (Å²) in [4.78, 5) is 23.2. The Labute approximate surface area is 183 Å². The van der Waals surface area contributed by atoms with Crippen LogP contribution in [0.1, 0.15) is 24.2 Å². The van der Waals surface area contributed by atoms with E-state index in [1.807, 2.05) is 42.6 Å². The number of para-hydroxylation sites is 1. The number of rotatable bonds is 7. The van der Waals surface area contributed by atoms with Crippen LogP contribution < -0.4 is 4.90 Å². The predicted octanol–water partition coefficient (Wildman–Crippen LogP) is 4.99. The monoisotopic (exact) mass is 419 g/mol.